The number of rotatable bonds is 6. The predicted octanol–water partition coefficient (Wildman–Crippen LogP) is 0.539. The molecule has 1 heterocycles. The van der Waals surface area contributed by atoms with E-state index in [0.717, 1.165) is 45.4 Å². The maximum atomic E-state index is 12.2. The van der Waals surface area contributed by atoms with Crippen molar-refractivity contribution in [3.63, 3.8) is 0 Å². The molecule has 1 saturated heterocycles. The molecule has 0 spiro atoms. The first-order valence-corrected chi connectivity index (χ1v) is 6.34. The molecule has 1 aliphatic rings. The number of nitrogens with zero attached hydrogens (tertiary/aromatic N) is 2. The lowest BCUT2D eigenvalue weighted by Gasteiger charge is -2.27. The number of carbonyl (C=O) groups excluding carboxylic acids is 1. The van der Waals surface area contributed by atoms with Crippen molar-refractivity contribution >= 4 is 5.91 Å². The highest BCUT2D eigenvalue weighted by molar-refractivity contribution is 5.81. The average Bonchev–Trinajstić information content (AvgIpc) is 2.73. The molecule has 0 aromatic carbocycles. The van der Waals surface area contributed by atoms with E-state index in [1.165, 1.54) is 0 Å². The van der Waals surface area contributed by atoms with Gasteiger partial charge in [0.15, 0.2) is 0 Å². The lowest BCUT2D eigenvalue weighted by atomic mass is 10.2. The molecule has 1 unspecified atom stereocenters. The van der Waals surface area contributed by atoms with Crippen LogP contribution in [0, 0.1) is 0 Å². The molecular weight excluding hydrogens is 202 g/mol. The minimum atomic E-state index is 0.141. The third-order valence-corrected chi connectivity index (χ3v) is 3.23. The molecule has 94 valence electrons. The van der Waals surface area contributed by atoms with Crippen LogP contribution in [0.15, 0.2) is 0 Å². The Morgan fingerprint density at radius 3 is 2.94 bits per heavy atom. The van der Waals surface area contributed by atoms with E-state index in [1.807, 2.05) is 19.0 Å². The Bertz CT molecular complexity index is 220. The second kappa shape index (κ2) is 6.86. The molecule has 0 saturated carbocycles. The van der Waals surface area contributed by atoms with Crippen LogP contribution in [-0.4, -0.2) is 62.0 Å². The van der Waals surface area contributed by atoms with Crippen molar-refractivity contribution in [2.24, 2.45) is 0 Å². The highest BCUT2D eigenvalue weighted by atomic mass is 16.2. The summed E-state index contributed by atoms with van der Waals surface area (Å²) in [4.78, 5) is 16.4. The Balaban J connectivity index is 2.45. The zero-order valence-corrected chi connectivity index (χ0v) is 10.8. The van der Waals surface area contributed by atoms with Crippen LogP contribution < -0.4 is 5.32 Å². The van der Waals surface area contributed by atoms with Crippen LogP contribution in [0.3, 0.4) is 0 Å². The quantitative estimate of drug-likeness (QED) is 0.719. The molecular formula is C12H25N3O. The lowest BCUT2D eigenvalue weighted by Crippen LogP contribution is -2.45. The van der Waals surface area contributed by atoms with Crippen molar-refractivity contribution in [3.05, 3.63) is 0 Å². The standard InChI is InChI=1S/C12H25N3O/c1-4-8-15-9-5-6-11(15)12(16)14(3)10-7-13-2/h11,13H,4-10H2,1-3H3. The number of likely N-dealkylation sites (tertiary alicyclic amines) is 1. The Morgan fingerprint density at radius 1 is 1.56 bits per heavy atom. The van der Waals surface area contributed by atoms with Crippen molar-refractivity contribution in [1.29, 1.82) is 0 Å². The average molecular weight is 227 g/mol. The topological polar surface area (TPSA) is 35.6 Å². The number of likely N-dealkylation sites (N-methyl/N-ethyl adjacent to an activating group) is 2. The van der Waals surface area contributed by atoms with Crippen molar-refractivity contribution in [1.82, 2.24) is 15.1 Å². The molecule has 1 N–H and O–H groups in total. The minimum absolute atomic E-state index is 0.141. The van der Waals surface area contributed by atoms with Crippen LogP contribution in [0.25, 0.3) is 0 Å². The van der Waals surface area contributed by atoms with Gasteiger partial charge in [0.25, 0.3) is 0 Å². The predicted molar refractivity (Wildman–Crippen MR) is 66.4 cm³/mol. The maximum absolute atomic E-state index is 12.2. The zero-order valence-electron chi connectivity index (χ0n) is 10.8. The first-order valence-electron chi connectivity index (χ1n) is 6.34. The number of amides is 1. The van der Waals surface area contributed by atoms with E-state index >= 15 is 0 Å². The summed E-state index contributed by atoms with van der Waals surface area (Å²) in [5.41, 5.74) is 0. The molecule has 1 fully saturated rings. The second-order valence-corrected chi connectivity index (χ2v) is 4.56. The third-order valence-electron chi connectivity index (χ3n) is 3.23. The van der Waals surface area contributed by atoms with Gasteiger partial charge in [-0.2, -0.15) is 0 Å². The van der Waals surface area contributed by atoms with Gasteiger partial charge in [0.05, 0.1) is 6.04 Å². The molecule has 0 aromatic rings. The summed E-state index contributed by atoms with van der Waals surface area (Å²) in [5, 5.41) is 3.07. The van der Waals surface area contributed by atoms with Gasteiger partial charge in [0.2, 0.25) is 5.91 Å². The van der Waals surface area contributed by atoms with Gasteiger partial charge in [-0.15, -0.1) is 0 Å². The largest absolute Gasteiger partial charge is 0.343 e. The Morgan fingerprint density at radius 2 is 2.31 bits per heavy atom. The Hall–Kier alpha value is -0.610. The summed E-state index contributed by atoms with van der Waals surface area (Å²) >= 11 is 0. The van der Waals surface area contributed by atoms with Crippen molar-refractivity contribution < 1.29 is 4.79 Å². The highest BCUT2D eigenvalue weighted by Gasteiger charge is 2.31. The van der Waals surface area contributed by atoms with Gasteiger partial charge in [-0.25, -0.2) is 0 Å². The summed E-state index contributed by atoms with van der Waals surface area (Å²) in [6, 6.07) is 0.141. The summed E-state index contributed by atoms with van der Waals surface area (Å²) in [7, 11) is 3.82. The van der Waals surface area contributed by atoms with Crippen LogP contribution in [0.1, 0.15) is 26.2 Å². The molecule has 0 aromatic heterocycles. The van der Waals surface area contributed by atoms with E-state index < -0.39 is 0 Å². The van der Waals surface area contributed by atoms with Crippen LogP contribution in [-0.2, 0) is 4.79 Å². The minimum Gasteiger partial charge on any atom is -0.343 e. The fraction of sp³-hybridized carbons (Fsp3) is 0.917. The Kier molecular flexibility index (Phi) is 5.77. The van der Waals surface area contributed by atoms with Gasteiger partial charge in [-0.1, -0.05) is 6.92 Å². The number of nitrogens with one attached hydrogen (secondary N) is 1. The van der Waals surface area contributed by atoms with Gasteiger partial charge < -0.3 is 10.2 Å². The van der Waals surface area contributed by atoms with Gasteiger partial charge in [-0.05, 0) is 39.4 Å². The maximum Gasteiger partial charge on any atom is 0.239 e. The van der Waals surface area contributed by atoms with Crippen LogP contribution in [0.2, 0.25) is 0 Å². The third kappa shape index (κ3) is 3.46. The van der Waals surface area contributed by atoms with E-state index in [1.54, 1.807) is 0 Å². The van der Waals surface area contributed by atoms with Gasteiger partial charge in [-0.3, -0.25) is 9.69 Å². The second-order valence-electron chi connectivity index (χ2n) is 4.56. The zero-order chi connectivity index (χ0) is 12.0. The fourth-order valence-electron chi connectivity index (χ4n) is 2.30. The fourth-order valence-corrected chi connectivity index (χ4v) is 2.30. The SMILES string of the molecule is CCCN1CCCC1C(=O)N(C)CCNC. The molecule has 1 atom stereocenters. The summed E-state index contributed by atoms with van der Waals surface area (Å²) in [6.45, 7) is 5.97. The van der Waals surface area contributed by atoms with E-state index in [2.05, 4.69) is 17.1 Å². The van der Waals surface area contributed by atoms with Crippen molar-refractivity contribution in [3.8, 4) is 0 Å². The Labute approximate surface area is 99.0 Å². The molecule has 4 heteroatoms. The monoisotopic (exact) mass is 227 g/mol. The van der Waals surface area contributed by atoms with Crippen LogP contribution in [0.4, 0.5) is 0 Å². The molecule has 1 aliphatic heterocycles. The van der Waals surface area contributed by atoms with Crippen molar-refractivity contribution in [2.45, 2.75) is 32.2 Å². The van der Waals surface area contributed by atoms with Crippen molar-refractivity contribution in [2.75, 3.05) is 40.3 Å². The van der Waals surface area contributed by atoms with E-state index in [9.17, 15) is 4.79 Å². The smallest absolute Gasteiger partial charge is 0.239 e. The molecule has 1 rings (SSSR count). The van der Waals surface area contributed by atoms with E-state index in [0.29, 0.717) is 5.91 Å². The normalized spacial score (nSPS) is 21.3. The molecule has 0 aliphatic carbocycles. The van der Waals surface area contributed by atoms with Gasteiger partial charge in [0, 0.05) is 20.1 Å². The van der Waals surface area contributed by atoms with Crippen LogP contribution in [0.5, 0.6) is 0 Å². The molecule has 0 radical (unpaired) electrons. The molecule has 4 nitrogen and oxygen atoms in total. The summed E-state index contributed by atoms with van der Waals surface area (Å²) < 4.78 is 0. The molecule has 16 heavy (non-hydrogen) atoms. The van der Waals surface area contributed by atoms with E-state index in [-0.39, 0.29) is 6.04 Å². The van der Waals surface area contributed by atoms with Crippen LogP contribution >= 0.6 is 0 Å². The first-order chi connectivity index (χ1) is 7.70. The van der Waals surface area contributed by atoms with Gasteiger partial charge >= 0.3 is 0 Å². The van der Waals surface area contributed by atoms with Gasteiger partial charge in [0.1, 0.15) is 0 Å². The highest BCUT2D eigenvalue weighted by Crippen LogP contribution is 2.18. The molecule has 0 bridgehead atoms. The molecule has 1 amide bonds. The number of carbonyl (C=O) groups is 1. The summed E-state index contributed by atoms with van der Waals surface area (Å²) in [6.07, 6.45) is 3.32. The first kappa shape index (κ1) is 13.5. The lowest BCUT2D eigenvalue weighted by molar-refractivity contribution is -0.134. The number of hydrogen-bond donors (Lipinski definition) is 1. The summed E-state index contributed by atoms with van der Waals surface area (Å²) in [5.74, 6) is 0.293. The van der Waals surface area contributed by atoms with E-state index in [4.69, 9.17) is 0 Å². The number of hydrogen-bond acceptors (Lipinski definition) is 3.